The van der Waals surface area contributed by atoms with E-state index in [2.05, 4.69) is 5.32 Å². The minimum Gasteiger partial charge on any atom is -0.481 e. The van der Waals surface area contributed by atoms with E-state index < -0.39 is 22.6 Å². The fourth-order valence-electron chi connectivity index (χ4n) is 2.38. The lowest BCUT2D eigenvalue weighted by molar-refractivity contribution is -0.385. The van der Waals surface area contributed by atoms with Crippen molar-refractivity contribution in [3.05, 3.63) is 39.2 Å². The second-order valence-corrected chi connectivity index (χ2v) is 5.54. The van der Waals surface area contributed by atoms with Gasteiger partial charge in [-0.15, -0.1) is 0 Å². The third-order valence-corrected chi connectivity index (χ3v) is 3.55. The molecule has 1 aromatic rings. The van der Waals surface area contributed by atoms with Gasteiger partial charge in [0.1, 0.15) is 11.4 Å². The number of rotatable bonds is 10. The van der Waals surface area contributed by atoms with Gasteiger partial charge < -0.3 is 10.4 Å². The molecule has 0 heterocycles. The van der Waals surface area contributed by atoms with E-state index in [1.165, 1.54) is 6.92 Å². The summed E-state index contributed by atoms with van der Waals surface area (Å²) in [7, 11) is 0. The van der Waals surface area contributed by atoms with Gasteiger partial charge in [0, 0.05) is 18.5 Å². The fraction of sp³-hybridized carbons (Fsp3) is 0.500. The summed E-state index contributed by atoms with van der Waals surface area (Å²) in [5.74, 6) is -2.17. The molecule has 0 unspecified atom stereocenters. The van der Waals surface area contributed by atoms with Crippen molar-refractivity contribution in [1.82, 2.24) is 5.32 Å². The van der Waals surface area contributed by atoms with Crippen molar-refractivity contribution in [1.29, 1.82) is 0 Å². The quantitative estimate of drug-likeness (QED) is 0.386. The molecule has 0 atom stereocenters. The first-order chi connectivity index (χ1) is 11.3. The molecule has 0 aliphatic heterocycles. The average molecular weight is 340 g/mol. The monoisotopic (exact) mass is 340 g/mol. The predicted molar refractivity (Wildman–Crippen MR) is 85.5 cm³/mol. The van der Waals surface area contributed by atoms with Crippen LogP contribution in [0.15, 0.2) is 12.1 Å². The molecule has 1 rings (SSSR count). The molecule has 0 saturated heterocycles. The number of aliphatic carboxylic acids is 1. The summed E-state index contributed by atoms with van der Waals surface area (Å²) < 4.78 is 13.4. The number of hydrogen-bond donors (Lipinski definition) is 2. The van der Waals surface area contributed by atoms with E-state index in [4.69, 9.17) is 5.11 Å². The number of carboxylic acid groups (broad SMARTS) is 1. The van der Waals surface area contributed by atoms with Gasteiger partial charge in [-0.3, -0.25) is 19.7 Å². The van der Waals surface area contributed by atoms with Gasteiger partial charge in [-0.1, -0.05) is 19.3 Å². The van der Waals surface area contributed by atoms with Gasteiger partial charge in [0.15, 0.2) is 0 Å². The first kappa shape index (κ1) is 19.5. The number of carbonyl (C=O) groups excluding carboxylic acids is 1. The molecular weight excluding hydrogens is 319 g/mol. The van der Waals surface area contributed by atoms with Crippen molar-refractivity contribution >= 4 is 17.6 Å². The molecule has 0 bridgehead atoms. The highest BCUT2D eigenvalue weighted by atomic mass is 19.1. The van der Waals surface area contributed by atoms with Gasteiger partial charge in [-0.2, -0.15) is 0 Å². The molecule has 2 N–H and O–H groups in total. The highest BCUT2D eigenvalue weighted by Crippen LogP contribution is 2.24. The number of unbranched alkanes of at least 4 members (excludes halogenated alkanes) is 4. The lowest BCUT2D eigenvalue weighted by Crippen LogP contribution is -2.25. The van der Waals surface area contributed by atoms with Crippen molar-refractivity contribution in [3.63, 3.8) is 0 Å². The Morgan fingerprint density at radius 3 is 2.46 bits per heavy atom. The smallest absolute Gasteiger partial charge is 0.303 e. The minimum atomic E-state index is -0.811. The van der Waals surface area contributed by atoms with Crippen LogP contribution in [0, 0.1) is 22.9 Å². The van der Waals surface area contributed by atoms with Crippen molar-refractivity contribution in [2.45, 2.75) is 45.4 Å². The molecule has 0 aliphatic carbocycles. The SMILES string of the molecule is Cc1cc(F)cc(C(=O)NCCCCCCCC(=O)O)c1[N+](=O)[O-]. The van der Waals surface area contributed by atoms with Gasteiger partial charge >= 0.3 is 5.97 Å². The molecule has 24 heavy (non-hydrogen) atoms. The van der Waals surface area contributed by atoms with Crippen LogP contribution in [0.1, 0.15) is 54.4 Å². The third kappa shape index (κ3) is 6.31. The summed E-state index contributed by atoms with van der Waals surface area (Å²) in [4.78, 5) is 32.7. The predicted octanol–water partition coefficient (Wildman–Crippen LogP) is 3.20. The maximum Gasteiger partial charge on any atom is 0.303 e. The van der Waals surface area contributed by atoms with Crippen LogP contribution < -0.4 is 5.32 Å². The van der Waals surface area contributed by atoms with Crippen LogP contribution in [-0.2, 0) is 4.79 Å². The van der Waals surface area contributed by atoms with Crippen LogP contribution in [0.5, 0.6) is 0 Å². The molecule has 0 spiro atoms. The largest absolute Gasteiger partial charge is 0.481 e. The van der Waals surface area contributed by atoms with Crippen LogP contribution in [0.3, 0.4) is 0 Å². The number of carboxylic acids is 1. The Kier molecular flexibility index (Phi) is 7.81. The summed E-state index contributed by atoms with van der Waals surface area (Å²) in [6.07, 6.45) is 3.90. The van der Waals surface area contributed by atoms with E-state index in [9.17, 15) is 24.1 Å². The van der Waals surface area contributed by atoms with Crippen molar-refractivity contribution < 1.29 is 24.0 Å². The fourth-order valence-corrected chi connectivity index (χ4v) is 2.38. The third-order valence-electron chi connectivity index (χ3n) is 3.55. The number of nitro benzene ring substituents is 1. The first-order valence-electron chi connectivity index (χ1n) is 7.77. The molecule has 0 aliphatic rings. The zero-order valence-electron chi connectivity index (χ0n) is 13.5. The number of benzene rings is 1. The summed E-state index contributed by atoms with van der Waals surface area (Å²) in [5.41, 5.74) is -0.565. The number of hydrogen-bond acceptors (Lipinski definition) is 4. The molecule has 1 amide bonds. The number of nitrogens with one attached hydrogen (secondary N) is 1. The second-order valence-electron chi connectivity index (χ2n) is 5.54. The van der Waals surface area contributed by atoms with Crippen LogP contribution in [0.4, 0.5) is 10.1 Å². The first-order valence-corrected chi connectivity index (χ1v) is 7.77. The van der Waals surface area contributed by atoms with Crippen LogP contribution >= 0.6 is 0 Å². The van der Waals surface area contributed by atoms with Gasteiger partial charge in [-0.25, -0.2) is 4.39 Å². The Morgan fingerprint density at radius 1 is 1.21 bits per heavy atom. The van der Waals surface area contributed by atoms with E-state index in [-0.39, 0.29) is 23.2 Å². The van der Waals surface area contributed by atoms with Gasteiger partial charge in [0.2, 0.25) is 0 Å². The Bertz CT molecular complexity index is 619. The Hall–Kier alpha value is -2.51. The molecule has 0 saturated carbocycles. The minimum absolute atomic E-state index is 0.101. The van der Waals surface area contributed by atoms with Gasteiger partial charge in [0.05, 0.1) is 4.92 Å². The highest BCUT2D eigenvalue weighted by molar-refractivity contribution is 5.98. The zero-order valence-corrected chi connectivity index (χ0v) is 13.5. The van der Waals surface area contributed by atoms with Crippen LogP contribution in [0.2, 0.25) is 0 Å². The maximum atomic E-state index is 13.4. The van der Waals surface area contributed by atoms with Gasteiger partial charge in [0.25, 0.3) is 11.6 Å². The van der Waals surface area contributed by atoms with E-state index in [1.807, 2.05) is 0 Å². The number of nitro groups is 1. The van der Waals surface area contributed by atoms with Crippen molar-refractivity contribution in [3.8, 4) is 0 Å². The Labute approximate surface area is 139 Å². The van der Waals surface area contributed by atoms with Crippen LogP contribution in [0.25, 0.3) is 0 Å². The maximum absolute atomic E-state index is 13.4. The lowest BCUT2D eigenvalue weighted by Gasteiger charge is -2.07. The highest BCUT2D eigenvalue weighted by Gasteiger charge is 2.23. The Morgan fingerprint density at radius 2 is 1.83 bits per heavy atom. The van der Waals surface area contributed by atoms with Gasteiger partial charge in [-0.05, 0) is 31.9 Å². The van der Waals surface area contributed by atoms with E-state index >= 15 is 0 Å². The molecule has 0 aromatic heterocycles. The summed E-state index contributed by atoms with van der Waals surface area (Å²) in [6, 6.07) is 1.89. The summed E-state index contributed by atoms with van der Waals surface area (Å²) in [5, 5.41) is 22.1. The molecule has 7 nitrogen and oxygen atoms in total. The van der Waals surface area contributed by atoms with Crippen molar-refractivity contribution in [2.24, 2.45) is 0 Å². The molecule has 8 heteroatoms. The number of aryl methyl sites for hydroxylation is 1. The molecule has 0 fully saturated rings. The summed E-state index contributed by atoms with van der Waals surface area (Å²) >= 11 is 0. The van der Waals surface area contributed by atoms with E-state index in [0.717, 1.165) is 31.4 Å². The topological polar surface area (TPSA) is 110 Å². The zero-order chi connectivity index (χ0) is 18.1. The Balaban J connectivity index is 2.44. The second kappa shape index (κ2) is 9.59. The lowest BCUT2D eigenvalue weighted by atomic mass is 10.1. The molecular formula is C16H21FN2O5. The number of amides is 1. The normalized spacial score (nSPS) is 10.4. The number of carbonyl (C=O) groups is 2. The number of halogens is 1. The average Bonchev–Trinajstić information content (AvgIpc) is 2.48. The standard InChI is InChI=1S/C16H21FN2O5/c1-11-9-12(17)10-13(15(11)19(23)24)16(22)18-8-6-4-2-3-5-7-14(20)21/h9-10H,2-8H2,1H3,(H,18,22)(H,20,21). The molecule has 0 radical (unpaired) electrons. The number of nitrogens with zero attached hydrogens (tertiary/aromatic N) is 1. The van der Waals surface area contributed by atoms with Crippen molar-refractivity contribution in [2.75, 3.05) is 6.54 Å². The molecule has 1 aromatic carbocycles. The molecule has 132 valence electrons. The van der Waals surface area contributed by atoms with E-state index in [1.54, 1.807) is 0 Å². The van der Waals surface area contributed by atoms with E-state index in [0.29, 0.717) is 19.4 Å². The summed E-state index contributed by atoms with van der Waals surface area (Å²) in [6.45, 7) is 1.71. The van der Waals surface area contributed by atoms with Crippen LogP contribution in [-0.4, -0.2) is 28.5 Å².